The van der Waals surface area contributed by atoms with Gasteiger partial charge in [0.1, 0.15) is 0 Å². The maximum Gasteiger partial charge on any atom is 0.0575 e. The number of rotatable bonds is 2. The van der Waals surface area contributed by atoms with Gasteiger partial charge in [-0.05, 0) is 19.1 Å². The van der Waals surface area contributed by atoms with E-state index in [1.54, 1.807) is 6.20 Å². The van der Waals surface area contributed by atoms with Crippen molar-refractivity contribution < 1.29 is 0 Å². The molecule has 1 heterocycles. The maximum atomic E-state index is 5.49. The number of aromatic amines is 1. The van der Waals surface area contributed by atoms with E-state index in [1.165, 1.54) is 0 Å². The first-order valence-corrected chi connectivity index (χ1v) is 3.22. The van der Waals surface area contributed by atoms with Crippen molar-refractivity contribution in [2.24, 2.45) is 5.73 Å². The van der Waals surface area contributed by atoms with Crippen molar-refractivity contribution in [3.63, 3.8) is 0 Å². The van der Waals surface area contributed by atoms with E-state index in [9.17, 15) is 0 Å². The Bertz CT molecular complexity index is 199. The third kappa shape index (κ3) is 2.03. The highest BCUT2D eigenvalue weighted by molar-refractivity contribution is 5.43. The zero-order valence-corrected chi connectivity index (χ0v) is 5.91. The monoisotopic (exact) mass is 137 g/mol. The van der Waals surface area contributed by atoms with E-state index < -0.39 is 0 Å². The number of nitrogens with zero attached hydrogens (tertiary/aromatic N) is 1. The summed E-state index contributed by atoms with van der Waals surface area (Å²) < 4.78 is 0. The molecule has 3 N–H and O–H groups in total. The molecule has 0 aromatic carbocycles. The fraction of sp³-hybridized carbons (Fsp3) is 0.286. The highest BCUT2D eigenvalue weighted by Crippen LogP contribution is 1.94. The first-order valence-electron chi connectivity index (χ1n) is 3.22. The zero-order chi connectivity index (χ0) is 7.40. The summed E-state index contributed by atoms with van der Waals surface area (Å²) in [6.45, 7) is 1.92. The van der Waals surface area contributed by atoms with Gasteiger partial charge in [-0.15, -0.1) is 0 Å². The fourth-order valence-corrected chi connectivity index (χ4v) is 0.615. The molecule has 0 bridgehead atoms. The van der Waals surface area contributed by atoms with E-state index in [1.807, 2.05) is 25.1 Å². The number of nitrogens with two attached hydrogens (primary N) is 1. The molecule has 1 rings (SSSR count). The Hall–Kier alpha value is -1.09. The van der Waals surface area contributed by atoms with E-state index in [0.717, 1.165) is 5.69 Å². The number of H-pyrrole nitrogens is 1. The van der Waals surface area contributed by atoms with Crippen LogP contribution in [0.3, 0.4) is 0 Å². The number of hydrogen-bond donors (Lipinski definition) is 2. The standard InChI is InChI=1S/C7H11N3/c1-6(8)2-3-7-4-5-9-10-7/h2-6H,8H2,1H3,(H,9,10)/b3-2+. The van der Waals surface area contributed by atoms with E-state index in [4.69, 9.17) is 5.73 Å². The van der Waals surface area contributed by atoms with Crippen LogP contribution < -0.4 is 5.73 Å². The van der Waals surface area contributed by atoms with Crippen LogP contribution in [-0.2, 0) is 0 Å². The molecule has 54 valence electrons. The summed E-state index contributed by atoms with van der Waals surface area (Å²) in [4.78, 5) is 0. The van der Waals surface area contributed by atoms with Crippen LogP contribution in [0.15, 0.2) is 18.3 Å². The van der Waals surface area contributed by atoms with Gasteiger partial charge in [-0.1, -0.05) is 6.08 Å². The normalized spacial score (nSPS) is 14.2. The Balaban J connectivity index is 2.55. The smallest absolute Gasteiger partial charge is 0.0575 e. The van der Waals surface area contributed by atoms with Gasteiger partial charge in [0.25, 0.3) is 0 Å². The molecule has 0 spiro atoms. The minimum atomic E-state index is 0.100. The third-order valence-corrected chi connectivity index (χ3v) is 1.10. The molecule has 10 heavy (non-hydrogen) atoms. The predicted octanol–water partition coefficient (Wildman–Crippen LogP) is 0.770. The second kappa shape index (κ2) is 3.17. The number of nitrogens with one attached hydrogen (secondary N) is 1. The minimum Gasteiger partial charge on any atom is -0.325 e. The molecule has 0 amide bonds. The van der Waals surface area contributed by atoms with Gasteiger partial charge in [-0.2, -0.15) is 5.10 Å². The molecule has 0 fully saturated rings. The van der Waals surface area contributed by atoms with Gasteiger partial charge >= 0.3 is 0 Å². The maximum absolute atomic E-state index is 5.49. The molecule has 1 aromatic rings. The summed E-state index contributed by atoms with van der Waals surface area (Å²) >= 11 is 0. The lowest BCUT2D eigenvalue weighted by Gasteiger charge is -1.91. The molecule has 3 heteroatoms. The summed E-state index contributed by atoms with van der Waals surface area (Å²) in [6.07, 6.45) is 5.53. The average Bonchev–Trinajstić information content (AvgIpc) is 2.34. The largest absolute Gasteiger partial charge is 0.325 e. The van der Waals surface area contributed by atoms with Crippen LogP contribution in [0.5, 0.6) is 0 Å². The molecule has 0 saturated carbocycles. The van der Waals surface area contributed by atoms with Crippen LogP contribution in [0, 0.1) is 0 Å². The zero-order valence-electron chi connectivity index (χ0n) is 5.91. The van der Waals surface area contributed by atoms with Crippen LogP contribution in [0.1, 0.15) is 12.6 Å². The van der Waals surface area contributed by atoms with Crippen molar-refractivity contribution in [2.75, 3.05) is 0 Å². The Labute approximate surface area is 59.9 Å². The summed E-state index contributed by atoms with van der Waals surface area (Å²) in [5, 5.41) is 6.58. The molecular formula is C7H11N3. The summed E-state index contributed by atoms with van der Waals surface area (Å²) in [5.74, 6) is 0. The molecule has 1 unspecified atom stereocenters. The Morgan fingerprint density at radius 2 is 2.60 bits per heavy atom. The highest BCUT2D eigenvalue weighted by atomic mass is 15.1. The van der Waals surface area contributed by atoms with Crippen molar-refractivity contribution in [1.82, 2.24) is 10.2 Å². The second-order valence-corrected chi connectivity index (χ2v) is 2.23. The average molecular weight is 137 g/mol. The van der Waals surface area contributed by atoms with Gasteiger partial charge in [0, 0.05) is 12.2 Å². The minimum absolute atomic E-state index is 0.100. The SMILES string of the molecule is CC(N)/C=C/c1ccn[nH]1. The lowest BCUT2D eigenvalue weighted by Crippen LogP contribution is -2.09. The van der Waals surface area contributed by atoms with Gasteiger partial charge in [0.15, 0.2) is 0 Å². The lowest BCUT2D eigenvalue weighted by atomic mass is 10.3. The predicted molar refractivity (Wildman–Crippen MR) is 41.3 cm³/mol. The van der Waals surface area contributed by atoms with E-state index in [2.05, 4.69) is 10.2 Å². The summed E-state index contributed by atoms with van der Waals surface area (Å²) in [5.41, 5.74) is 6.47. The molecule has 3 nitrogen and oxygen atoms in total. The highest BCUT2D eigenvalue weighted by Gasteiger charge is 1.86. The van der Waals surface area contributed by atoms with Crippen LogP contribution in [0.4, 0.5) is 0 Å². The number of hydrogen-bond acceptors (Lipinski definition) is 2. The molecule has 0 radical (unpaired) electrons. The third-order valence-electron chi connectivity index (χ3n) is 1.10. The van der Waals surface area contributed by atoms with Gasteiger partial charge < -0.3 is 5.73 Å². The molecule has 0 aliphatic carbocycles. The van der Waals surface area contributed by atoms with Crippen molar-refractivity contribution in [1.29, 1.82) is 0 Å². The second-order valence-electron chi connectivity index (χ2n) is 2.23. The van der Waals surface area contributed by atoms with Crippen LogP contribution in [0.25, 0.3) is 6.08 Å². The Morgan fingerprint density at radius 1 is 1.80 bits per heavy atom. The van der Waals surface area contributed by atoms with Gasteiger partial charge in [-0.25, -0.2) is 0 Å². The van der Waals surface area contributed by atoms with E-state index in [0.29, 0.717) is 0 Å². The van der Waals surface area contributed by atoms with Gasteiger partial charge in [0.05, 0.1) is 5.69 Å². The Morgan fingerprint density at radius 3 is 3.10 bits per heavy atom. The summed E-state index contributed by atoms with van der Waals surface area (Å²) in [7, 11) is 0. The van der Waals surface area contributed by atoms with E-state index >= 15 is 0 Å². The first-order chi connectivity index (χ1) is 4.79. The number of aromatic nitrogens is 2. The van der Waals surface area contributed by atoms with Gasteiger partial charge in [0.2, 0.25) is 0 Å². The quantitative estimate of drug-likeness (QED) is 0.632. The molecular weight excluding hydrogens is 126 g/mol. The van der Waals surface area contributed by atoms with Crippen molar-refractivity contribution in [3.8, 4) is 0 Å². The first kappa shape index (κ1) is 7.02. The van der Waals surface area contributed by atoms with Crippen LogP contribution in [0.2, 0.25) is 0 Å². The van der Waals surface area contributed by atoms with E-state index in [-0.39, 0.29) is 6.04 Å². The lowest BCUT2D eigenvalue weighted by molar-refractivity contribution is 0.929. The molecule has 0 saturated heterocycles. The molecule has 1 aromatic heterocycles. The van der Waals surface area contributed by atoms with Gasteiger partial charge in [-0.3, -0.25) is 5.10 Å². The van der Waals surface area contributed by atoms with Crippen molar-refractivity contribution in [3.05, 3.63) is 24.0 Å². The topological polar surface area (TPSA) is 54.7 Å². The fourth-order valence-electron chi connectivity index (χ4n) is 0.615. The van der Waals surface area contributed by atoms with Crippen LogP contribution in [-0.4, -0.2) is 16.2 Å². The molecule has 0 aliphatic rings. The summed E-state index contributed by atoms with van der Waals surface area (Å²) in [6, 6.07) is 1.99. The van der Waals surface area contributed by atoms with Crippen LogP contribution >= 0.6 is 0 Å². The molecule has 1 atom stereocenters. The van der Waals surface area contributed by atoms with Crippen molar-refractivity contribution in [2.45, 2.75) is 13.0 Å². The molecule has 0 aliphatic heterocycles. The van der Waals surface area contributed by atoms with Crippen molar-refractivity contribution >= 4 is 6.08 Å². The Kier molecular flexibility index (Phi) is 2.23.